The van der Waals surface area contributed by atoms with Gasteiger partial charge in [0.05, 0.1) is 12.0 Å². The van der Waals surface area contributed by atoms with E-state index in [0.29, 0.717) is 24.6 Å². The van der Waals surface area contributed by atoms with Crippen LogP contribution in [0.5, 0.6) is 11.5 Å². The molecule has 0 aliphatic carbocycles. The Hall–Kier alpha value is -2.54. The minimum Gasteiger partial charge on any atom is -0.493 e. The molecule has 1 N–H and O–H groups in total. The Labute approximate surface area is 156 Å². The molecule has 1 aliphatic heterocycles. The number of carbonyl (C=O) groups is 2. The van der Waals surface area contributed by atoms with Gasteiger partial charge in [-0.25, -0.2) is 0 Å². The number of likely N-dealkylation sites (tertiary alicyclic amines) is 1. The summed E-state index contributed by atoms with van der Waals surface area (Å²) in [6.07, 6.45) is 1.50. The molecule has 1 fully saturated rings. The van der Waals surface area contributed by atoms with Crippen molar-refractivity contribution in [2.75, 3.05) is 26.8 Å². The topological polar surface area (TPSA) is 67.9 Å². The van der Waals surface area contributed by atoms with Crippen LogP contribution in [0.2, 0.25) is 0 Å². The fourth-order valence-electron chi connectivity index (χ4n) is 2.93. The maximum absolute atomic E-state index is 12.3. The van der Waals surface area contributed by atoms with E-state index in [1.165, 1.54) is 11.3 Å². The highest BCUT2D eigenvalue weighted by Gasteiger charge is 2.25. The Morgan fingerprint density at radius 3 is 2.54 bits per heavy atom. The highest BCUT2D eigenvalue weighted by atomic mass is 32.1. The minimum absolute atomic E-state index is 0.0608. The Kier molecular flexibility index (Phi) is 6.12. The van der Waals surface area contributed by atoms with Crippen LogP contribution < -0.4 is 14.8 Å². The van der Waals surface area contributed by atoms with Crippen molar-refractivity contribution >= 4 is 23.2 Å². The molecule has 0 radical (unpaired) electrons. The Balaban J connectivity index is 1.43. The van der Waals surface area contributed by atoms with Crippen LogP contribution in [0.1, 0.15) is 22.5 Å². The lowest BCUT2D eigenvalue weighted by Crippen LogP contribution is -2.47. The molecule has 7 heteroatoms. The first-order valence-corrected chi connectivity index (χ1v) is 9.43. The molecule has 1 saturated heterocycles. The molecule has 0 atom stereocenters. The molecule has 0 saturated carbocycles. The molecule has 0 bridgehead atoms. The van der Waals surface area contributed by atoms with Crippen molar-refractivity contribution in [3.8, 4) is 11.5 Å². The summed E-state index contributed by atoms with van der Waals surface area (Å²) in [7, 11) is 1.56. The fraction of sp³-hybridized carbons (Fsp3) is 0.368. The van der Waals surface area contributed by atoms with Crippen LogP contribution in [-0.2, 0) is 4.79 Å². The first kappa shape index (κ1) is 18.3. The van der Waals surface area contributed by atoms with E-state index in [0.717, 1.165) is 17.7 Å². The smallest absolute Gasteiger partial charge is 0.263 e. The number of ether oxygens (including phenoxy) is 2. The first-order chi connectivity index (χ1) is 12.7. The van der Waals surface area contributed by atoms with Gasteiger partial charge in [-0.05, 0) is 36.4 Å². The second-order valence-corrected chi connectivity index (χ2v) is 7.00. The van der Waals surface area contributed by atoms with Crippen LogP contribution in [0.15, 0.2) is 41.8 Å². The lowest BCUT2D eigenvalue weighted by molar-refractivity contribution is -0.124. The molecule has 3 rings (SSSR count). The van der Waals surface area contributed by atoms with Gasteiger partial charge < -0.3 is 19.7 Å². The van der Waals surface area contributed by atoms with Crippen molar-refractivity contribution in [1.82, 2.24) is 10.2 Å². The van der Waals surface area contributed by atoms with Gasteiger partial charge in [0.1, 0.15) is 0 Å². The highest BCUT2D eigenvalue weighted by molar-refractivity contribution is 7.12. The summed E-state index contributed by atoms with van der Waals surface area (Å²) in [6.45, 7) is 1.23. The zero-order chi connectivity index (χ0) is 18.4. The average Bonchev–Trinajstić information content (AvgIpc) is 3.21. The summed E-state index contributed by atoms with van der Waals surface area (Å²) in [5.41, 5.74) is 0. The third kappa shape index (κ3) is 4.54. The van der Waals surface area contributed by atoms with Gasteiger partial charge in [0.2, 0.25) is 0 Å². The van der Waals surface area contributed by atoms with Gasteiger partial charge in [-0.15, -0.1) is 11.3 Å². The van der Waals surface area contributed by atoms with Crippen molar-refractivity contribution < 1.29 is 19.1 Å². The molecule has 138 valence electrons. The van der Waals surface area contributed by atoms with Crippen molar-refractivity contribution in [1.29, 1.82) is 0 Å². The number of para-hydroxylation sites is 2. The number of amides is 2. The SMILES string of the molecule is COc1ccccc1OCC(=O)NC1CCN(C(=O)c2cccs2)CC1. The van der Waals surface area contributed by atoms with E-state index in [4.69, 9.17) is 9.47 Å². The van der Waals surface area contributed by atoms with Crippen LogP contribution in [-0.4, -0.2) is 49.6 Å². The number of carbonyl (C=O) groups excluding carboxylic acids is 2. The third-order valence-corrected chi connectivity index (χ3v) is 5.16. The average molecular weight is 374 g/mol. The Morgan fingerprint density at radius 2 is 1.88 bits per heavy atom. The molecular weight excluding hydrogens is 352 g/mol. The van der Waals surface area contributed by atoms with Crippen molar-refractivity contribution in [3.63, 3.8) is 0 Å². The van der Waals surface area contributed by atoms with E-state index in [2.05, 4.69) is 5.32 Å². The van der Waals surface area contributed by atoms with Gasteiger partial charge in [-0.1, -0.05) is 18.2 Å². The minimum atomic E-state index is -0.168. The summed E-state index contributed by atoms with van der Waals surface area (Å²) in [4.78, 5) is 27.1. The summed E-state index contributed by atoms with van der Waals surface area (Å²) >= 11 is 1.46. The van der Waals surface area contributed by atoms with Gasteiger partial charge in [0.25, 0.3) is 11.8 Å². The Morgan fingerprint density at radius 1 is 1.15 bits per heavy atom. The van der Waals surface area contributed by atoms with Crippen LogP contribution in [0, 0.1) is 0 Å². The van der Waals surface area contributed by atoms with Crippen LogP contribution in [0.25, 0.3) is 0 Å². The van der Waals surface area contributed by atoms with E-state index >= 15 is 0 Å². The molecule has 0 unspecified atom stereocenters. The molecular formula is C19H22N2O4S. The van der Waals surface area contributed by atoms with Gasteiger partial charge in [-0.2, -0.15) is 0 Å². The standard InChI is InChI=1S/C19H22N2O4S/c1-24-15-5-2-3-6-16(15)25-13-18(22)20-14-8-10-21(11-9-14)19(23)17-7-4-12-26-17/h2-7,12,14H,8-11,13H2,1H3,(H,20,22). The van der Waals surface area contributed by atoms with Gasteiger partial charge in [0, 0.05) is 19.1 Å². The molecule has 2 heterocycles. The molecule has 2 amide bonds. The maximum Gasteiger partial charge on any atom is 0.263 e. The van der Waals surface area contributed by atoms with Crippen LogP contribution in [0.3, 0.4) is 0 Å². The first-order valence-electron chi connectivity index (χ1n) is 8.55. The molecule has 2 aromatic rings. The number of piperidine rings is 1. The number of nitrogens with zero attached hydrogens (tertiary/aromatic N) is 1. The normalized spacial score (nSPS) is 14.7. The number of hydrogen-bond acceptors (Lipinski definition) is 5. The lowest BCUT2D eigenvalue weighted by Gasteiger charge is -2.32. The predicted molar refractivity (Wildman–Crippen MR) is 99.9 cm³/mol. The predicted octanol–water partition coefficient (Wildman–Crippen LogP) is 2.56. The van der Waals surface area contributed by atoms with E-state index in [1.807, 2.05) is 34.5 Å². The molecule has 1 aliphatic rings. The number of methoxy groups -OCH3 is 1. The number of benzene rings is 1. The molecule has 1 aromatic heterocycles. The lowest BCUT2D eigenvalue weighted by atomic mass is 10.0. The zero-order valence-corrected chi connectivity index (χ0v) is 15.5. The van der Waals surface area contributed by atoms with Gasteiger partial charge in [0.15, 0.2) is 18.1 Å². The zero-order valence-electron chi connectivity index (χ0n) is 14.6. The second-order valence-electron chi connectivity index (χ2n) is 6.05. The van der Waals surface area contributed by atoms with E-state index in [9.17, 15) is 9.59 Å². The number of nitrogens with one attached hydrogen (secondary N) is 1. The summed E-state index contributed by atoms with van der Waals surface area (Å²) < 4.78 is 10.7. The van der Waals surface area contributed by atoms with Gasteiger partial charge >= 0.3 is 0 Å². The Bertz CT molecular complexity index is 740. The van der Waals surface area contributed by atoms with Crippen LogP contribution in [0.4, 0.5) is 0 Å². The maximum atomic E-state index is 12.3. The number of hydrogen-bond donors (Lipinski definition) is 1. The van der Waals surface area contributed by atoms with E-state index in [1.54, 1.807) is 19.2 Å². The van der Waals surface area contributed by atoms with Crippen LogP contribution >= 0.6 is 11.3 Å². The highest BCUT2D eigenvalue weighted by Crippen LogP contribution is 2.25. The second kappa shape index (κ2) is 8.71. The summed E-state index contributed by atoms with van der Waals surface area (Å²) in [6, 6.07) is 11.0. The van der Waals surface area contributed by atoms with Gasteiger partial charge in [-0.3, -0.25) is 9.59 Å². The molecule has 26 heavy (non-hydrogen) atoms. The number of thiophene rings is 1. The molecule has 0 spiro atoms. The fourth-order valence-corrected chi connectivity index (χ4v) is 3.62. The van der Waals surface area contributed by atoms with E-state index in [-0.39, 0.29) is 24.5 Å². The monoisotopic (exact) mass is 374 g/mol. The number of rotatable bonds is 6. The summed E-state index contributed by atoms with van der Waals surface area (Å²) in [5.74, 6) is 1.05. The molecule has 1 aromatic carbocycles. The molecule has 6 nitrogen and oxygen atoms in total. The van der Waals surface area contributed by atoms with E-state index < -0.39 is 0 Å². The van der Waals surface area contributed by atoms with Crippen molar-refractivity contribution in [2.45, 2.75) is 18.9 Å². The third-order valence-electron chi connectivity index (χ3n) is 4.31. The largest absolute Gasteiger partial charge is 0.493 e. The summed E-state index contributed by atoms with van der Waals surface area (Å²) in [5, 5.41) is 4.89. The van der Waals surface area contributed by atoms with Crippen molar-refractivity contribution in [3.05, 3.63) is 46.7 Å². The quantitative estimate of drug-likeness (QED) is 0.844. The van der Waals surface area contributed by atoms with Crippen molar-refractivity contribution in [2.24, 2.45) is 0 Å².